The second kappa shape index (κ2) is 8.35. The van der Waals surface area contributed by atoms with E-state index in [0.717, 1.165) is 22.0 Å². The summed E-state index contributed by atoms with van der Waals surface area (Å²) < 4.78 is 7.07. The van der Waals surface area contributed by atoms with Crippen molar-refractivity contribution < 1.29 is 9.53 Å². The molecule has 6 heteroatoms. The molecule has 6 nitrogen and oxygen atoms in total. The SMILES string of the molecule is COc1ccccc1NC(=O)c1nc(-c2ccccc2)n(-c2cccc3ccccc23)n1. The molecule has 32 heavy (non-hydrogen) atoms. The van der Waals surface area contributed by atoms with Crippen molar-refractivity contribution >= 4 is 22.4 Å². The Bertz CT molecular complexity index is 1400. The van der Waals surface area contributed by atoms with Crippen LogP contribution in [0, 0.1) is 0 Å². The van der Waals surface area contributed by atoms with Crippen molar-refractivity contribution in [3.05, 3.63) is 103 Å². The third kappa shape index (κ3) is 3.58. The van der Waals surface area contributed by atoms with E-state index in [0.29, 0.717) is 17.3 Å². The van der Waals surface area contributed by atoms with Gasteiger partial charge < -0.3 is 10.1 Å². The van der Waals surface area contributed by atoms with Crippen molar-refractivity contribution in [1.29, 1.82) is 0 Å². The number of anilines is 1. The average molecular weight is 420 g/mol. The van der Waals surface area contributed by atoms with E-state index < -0.39 is 5.91 Å². The van der Waals surface area contributed by atoms with Crippen molar-refractivity contribution in [2.75, 3.05) is 12.4 Å². The lowest BCUT2D eigenvalue weighted by atomic mass is 10.1. The maximum atomic E-state index is 13.1. The molecular formula is C26H20N4O2. The fourth-order valence-corrected chi connectivity index (χ4v) is 3.67. The fraction of sp³-hybridized carbons (Fsp3) is 0.0385. The molecule has 156 valence electrons. The van der Waals surface area contributed by atoms with Gasteiger partial charge in [-0.05, 0) is 23.6 Å². The van der Waals surface area contributed by atoms with Crippen LogP contribution in [0.1, 0.15) is 10.6 Å². The molecule has 1 heterocycles. The number of methoxy groups -OCH3 is 1. The number of carbonyl (C=O) groups is 1. The highest BCUT2D eigenvalue weighted by Gasteiger charge is 2.20. The predicted molar refractivity (Wildman–Crippen MR) is 125 cm³/mol. The van der Waals surface area contributed by atoms with Crippen LogP contribution in [0.3, 0.4) is 0 Å². The summed E-state index contributed by atoms with van der Waals surface area (Å²) >= 11 is 0. The van der Waals surface area contributed by atoms with E-state index >= 15 is 0 Å². The fourth-order valence-electron chi connectivity index (χ4n) is 3.67. The number of hydrogen-bond donors (Lipinski definition) is 1. The van der Waals surface area contributed by atoms with E-state index in [-0.39, 0.29) is 5.82 Å². The first-order chi connectivity index (χ1) is 15.7. The summed E-state index contributed by atoms with van der Waals surface area (Å²) in [6.45, 7) is 0. The van der Waals surface area contributed by atoms with Crippen LogP contribution in [0.25, 0.3) is 27.8 Å². The zero-order valence-electron chi connectivity index (χ0n) is 17.4. The molecule has 0 bridgehead atoms. The molecule has 0 aliphatic carbocycles. The highest BCUT2D eigenvalue weighted by Crippen LogP contribution is 2.28. The molecule has 1 aromatic heterocycles. The van der Waals surface area contributed by atoms with Gasteiger partial charge in [0.1, 0.15) is 5.75 Å². The minimum atomic E-state index is -0.411. The number of aromatic nitrogens is 3. The van der Waals surface area contributed by atoms with E-state index in [4.69, 9.17) is 4.74 Å². The molecule has 0 spiro atoms. The zero-order chi connectivity index (χ0) is 21.9. The van der Waals surface area contributed by atoms with E-state index in [1.54, 1.807) is 23.9 Å². The number of nitrogens with zero attached hydrogens (tertiary/aromatic N) is 3. The number of nitrogens with one attached hydrogen (secondary N) is 1. The van der Waals surface area contributed by atoms with Crippen LogP contribution in [-0.2, 0) is 0 Å². The quantitative estimate of drug-likeness (QED) is 0.416. The van der Waals surface area contributed by atoms with Gasteiger partial charge in [-0.2, -0.15) is 0 Å². The summed E-state index contributed by atoms with van der Waals surface area (Å²) in [5.41, 5.74) is 2.28. The first-order valence-corrected chi connectivity index (χ1v) is 10.2. The Balaban J connectivity index is 1.63. The summed E-state index contributed by atoms with van der Waals surface area (Å²) in [6, 6.07) is 31.0. The van der Waals surface area contributed by atoms with Crippen molar-refractivity contribution in [2.45, 2.75) is 0 Å². The normalized spacial score (nSPS) is 10.8. The number of benzene rings is 4. The van der Waals surface area contributed by atoms with Gasteiger partial charge >= 0.3 is 0 Å². The van der Waals surface area contributed by atoms with Crippen LogP contribution in [-0.4, -0.2) is 27.8 Å². The maximum absolute atomic E-state index is 13.1. The second-order valence-corrected chi connectivity index (χ2v) is 7.19. The number of fused-ring (bicyclic) bond motifs is 1. The predicted octanol–water partition coefficient (Wildman–Crippen LogP) is 5.35. The molecule has 0 aliphatic heterocycles. The van der Waals surface area contributed by atoms with Gasteiger partial charge in [0.05, 0.1) is 18.5 Å². The Morgan fingerprint density at radius 1 is 0.844 bits per heavy atom. The van der Waals surface area contributed by atoms with Gasteiger partial charge in [-0.1, -0.05) is 78.9 Å². The monoisotopic (exact) mass is 420 g/mol. The third-order valence-electron chi connectivity index (χ3n) is 5.19. The molecule has 0 fully saturated rings. The topological polar surface area (TPSA) is 69.0 Å². The first kappa shape index (κ1) is 19.5. The molecule has 4 aromatic carbocycles. The lowest BCUT2D eigenvalue weighted by molar-refractivity contribution is 0.101. The van der Waals surface area contributed by atoms with Crippen LogP contribution < -0.4 is 10.1 Å². The zero-order valence-corrected chi connectivity index (χ0v) is 17.4. The van der Waals surface area contributed by atoms with E-state index in [1.165, 1.54) is 0 Å². The largest absolute Gasteiger partial charge is 0.495 e. The molecular weight excluding hydrogens is 400 g/mol. The second-order valence-electron chi connectivity index (χ2n) is 7.19. The molecule has 0 radical (unpaired) electrons. The highest BCUT2D eigenvalue weighted by molar-refractivity contribution is 6.03. The smallest absolute Gasteiger partial charge is 0.295 e. The minimum Gasteiger partial charge on any atom is -0.495 e. The summed E-state index contributed by atoms with van der Waals surface area (Å²) in [5.74, 6) is 0.818. The van der Waals surface area contributed by atoms with Gasteiger partial charge in [0.2, 0.25) is 5.82 Å². The van der Waals surface area contributed by atoms with E-state index in [2.05, 4.69) is 15.4 Å². The number of hydrogen-bond acceptors (Lipinski definition) is 4. The average Bonchev–Trinajstić information content (AvgIpc) is 3.30. The summed E-state index contributed by atoms with van der Waals surface area (Å²) in [6.07, 6.45) is 0. The molecule has 0 atom stereocenters. The number of rotatable bonds is 5. The van der Waals surface area contributed by atoms with Gasteiger partial charge in [-0.3, -0.25) is 4.79 Å². The van der Waals surface area contributed by atoms with Gasteiger partial charge in [0.15, 0.2) is 5.82 Å². The highest BCUT2D eigenvalue weighted by atomic mass is 16.5. The molecule has 0 aliphatic rings. The number of para-hydroxylation sites is 2. The maximum Gasteiger partial charge on any atom is 0.295 e. The Kier molecular flexibility index (Phi) is 5.09. The summed E-state index contributed by atoms with van der Waals surface area (Å²) in [5, 5.41) is 9.57. The van der Waals surface area contributed by atoms with Gasteiger partial charge in [0.25, 0.3) is 5.91 Å². The van der Waals surface area contributed by atoms with Crippen molar-refractivity contribution in [2.24, 2.45) is 0 Å². The van der Waals surface area contributed by atoms with Gasteiger partial charge in [-0.15, -0.1) is 5.10 Å². The summed E-state index contributed by atoms with van der Waals surface area (Å²) in [7, 11) is 1.56. The van der Waals surface area contributed by atoms with Gasteiger partial charge in [-0.25, -0.2) is 9.67 Å². The third-order valence-corrected chi connectivity index (χ3v) is 5.19. The van der Waals surface area contributed by atoms with Crippen LogP contribution in [0.15, 0.2) is 97.1 Å². The van der Waals surface area contributed by atoms with Crippen molar-refractivity contribution in [3.8, 4) is 22.8 Å². The first-order valence-electron chi connectivity index (χ1n) is 10.2. The number of ether oxygens (including phenoxy) is 1. The molecule has 1 N–H and O–H groups in total. The van der Waals surface area contributed by atoms with E-state index in [9.17, 15) is 4.79 Å². The molecule has 0 saturated heterocycles. The van der Waals surface area contributed by atoms with Crippen LogP contribution in [0.4, 0.5) is 5.69 Å². The standard InChI is InChI=1S/C26H20N4O2/c1-32-23-17-8-7-15-21(23)27-26(31)24-28-25(19-11-3-2-4-12-19)30(29-24)22-16-9-13-18-10-5-6-14-20(18)22/h2-17H,1H3,(H,27,31). The Labute approximate surface area is 185 Å². The molecule has 0 saturated carbocycles. The van der Waals surface area contributed by atoms with Crippen molar-refractivity contribution in [1.82, 2.24) is 14.8 Å². The Morgan fingerprint density at radius 2 is 1.56 bits per heavy atom. The minimum absolute atomic E-state index is 0.0719. The lowest BCUT2D eigenvalue weighted by Crippen LogP contribution is -2.15. The summed E-state index contributed by atoms with van der Waals surface area (Å²) in [4.78, 5) is 17.7. The van der Waals surface area contributed by atoms with Crippen molar-refractivity contribution in [3.63, 3.8) is 0 Å². The number of amides is 1. The lowest BCUT2D eigenvalue weighted by Gasteiger charge is -2.09. The molecule has 5 aromatic rings. The molecule has 0 unspecified atom stereocenters. The van der Waals surface area contributed by atoms with E-state index in [1.807, 2.05) is 84.9 Å². The van der Waals surface area contributed by atoms with Crippen LogP contribution in [0.2, 0.25) is 0 Å². The Hall–Kier alpha value is -4.45. The number of carbonyl (C=O) groups excluding carboxylic acids is 1. The Morgan fingerprint density at radius 3 is 2.41 bits per heavy atom. The molecule has 1 amide bonds. The molecule has 5 rings (SSSR count). The van der Waals surface area contributed by atoms with Crippen LogP contribution >= 0.6 is 0 Å². The van der Waals surface area contributed by atoms with Gasteiger partial charge in [0, 0.05) is 10.9 Å². The van der Waals surface area contributed by atoms with Crippen LogP contribution in [0.5, 0.6) is 5.75 Å².